The number of benzene rings is 4. The molecule has 36 heavy (non-hydrogen) atoms. The zero-order valence-corrected chi connectivity index (χ0v) is 21.8. The molecule has 0 saturated heterocycles. The minimum Gasteiger partial charge on any atom is -0.492 e. The van der Waals surface area contributed by atoms with Crippen molar-refractivity contribution < 1.29 is 17.9 Å². The molecule has 9 heteroatoms. The molecule has 0 heterocycles. The van der Waals surface area contributed by atoms with Gasteiger partial charge < -0.3 is 10.1 Å². The van der Waals surface area contributed by atoms with Gasteiger partial charge in [-0.3, -0.25) is 9.10 Å². The number of ether oxygens (including phenoxy) is 1. The second-order valence-electron chi connectivity index (χ2n) is 8.16. The molecule has 0 aliphatic carbocycles. The van der Waals surface area contributed by atoms with Crippen LogP contribution in [0.3, 0.4) is 0 Å². The first-order valence-electron chi connectivity index (χ1n) is 11.2. The van der Waals surface area contributed by atoms with E-state index in [-0.39, 0.29) is 33.8 Å². The van der Waals surface area contributed by atoms with Gasteiger partial charge in [0.2, 0.25) is 5.91 Å². The van der Waals surface area contributed by atoms with Crippen LogP contribution in [0.1, 0.15) is 5.56 Å². The van der Waals surface area contributed by atoms with Gasteiger partial charge in [0.15, 0.2) is 0 Å². The maximum atomic E-state index is 13.5. The number of carbonyl (C=O) groups is 1. The Kier molecular flexibility index (Phi) is 8.04. The van der Waals surface area contributed by atoms with Crippen LogP contribution in [0.4, 0.5) is 5.69 Å². The van der Waals surface area contributed by atoms with Crippen molar-refractivity contribution in [1.82, 2.24) is 5.32 Å². The maximum Gasteiger partial charge on any atom is 0.264 e. The lowest BCUT2D eigenvalue weighted by atomic mass is 10.1. The van der Waals surface area contributed by atoms with E-state index in [1.807, 2.05) is 49.4 Å². The van der Waals surface area contributed by atoms with E-state index in [0.29, 0.717) is 5.75 Å². The van der Waals surface area contributed by atoms with Gasteiger partial charge in [0.05, 0.1) is 17.1 Å². The van der Waals surface area contributed by atoms with Crippen LogP contribution in [0, 0.1) is 6.92 Å². The van der Waals surface area contributed by atoms with E-state index in [1.54, 1.807) is 12.1 Å². The first-order chi connectivity index (χ1) is 17.2. The number of carbonyl (C=O) groups excluding carboxylic acids is 1. The third-order valence-corrected chi connectivity index (χ3v) is 7.67. The average molecular weight is 543 g/mol. The van der Waals surface area contributed by atoms with E-state index in [2.05, 4.69) is 5.32 Å². The smallest absolute Gasteiger partial charge is 0.264 e. The van der Waals surface area contributed by atoms with Crippen molar-refractivity contribution in [1.29, 1.82) is 0 Å². The lowest BCUT2D eigenvalue weighted by Gasteiger charge is -2.24. The first kappa shape index (κ1) is 25.8. The fourth-order valence-corrected chi connectivity index (χ4v) is 5.56. The molecule has 4 aromatic rings. The Morgan fingerprint density at radius 2 is 1.56 bits per heavy atom. The van der Waals surface area contributed by atoms with E-state index in [1.165, 1.54) is 30.3 Å². The molecule has 0 radical (unpaired) electrons. The van der Waals surface area contributed by atoms with Crippen molar-refractivity contribution in [2.75, 3.05) is 24.0 Å². The Morgan fingerprint density at radius 3 is 2.25 bits per heavy atom. The van der Waals surface area contributed by atoms with Crippen molar-refractivity contribution in [3.05, 3.63) is 101 Å². The molecule has 0 saturated carbocycles. The van der Waals surface area contributed by atoms with Crippen LogP contribution >= 0.6 is 23.2 Å². The summed E-state index contributed by atoms with van der Waals surface area (Å²) in [6, 6.07) is 24.5. The highest BCUT2D eigenvalue weighted by molar-refractivity contribution is 7.92. The number of halogens is 2. The predicted molar refractivity (Wildman–Crippen MR) is 145 cm³/mol. The molecule has 0 atom stereocenters. The Morgan fingerprint density at radius 1 is 0.889 bits per heavy atom. The summed E-state index contributed by atoms with van der Waals surface area (Å²) in [5.74, 6) is 0.184. The molecule has 0 unspecified atom stereocenters. The second kappa shape index (κ2) is 11.2. The standard InChI is InChI=1S/C27H24Cl2N2O4S/c1-19-6-10-26(11-7-19)36(33,34)31(24-16-22(28)15-23(29)17-24)18-27(32)30-12-13-35-25-9-8-20-4-2-3-5-21(20)14-25/h2-11,14-17H,12-13,18H2,1H3,(H,30,32). The number of nitrogens with one attached hydrogen (secondary N) is 1. The largest absolute Gasteiger partial charge is 0.492 e. The number of nitrogens with zero attached hydrogens (tertiary/aromatic N) is 1. The number of amides is 1. The van der Waals surface area contributed by atoms with Crippen LogP contribution < -0.4 is 14.4 Å². The highest BCUT2D eigenvalue weighted by atomic mass is 35.5. The van der Waals surface area contributed by atoms with Crippen molar-refractivity contribution in [3.8, 4) is 5.75 Å². The van der Waals surface area contributed by atoms with Gasteiger partial charge in [-0.1, -0.05) is 71.2 Å². The summed E-state index contributed by atoms with van der Waals surface area (Å²) in [6.45, 7) is 1.82. The molecule has 0 bridgehead atoms. The molecular weight excluding hydrogens is 519 g/mol. The van der Waals surface area contributed by atoms with Crippen LogP contribution in [0.2, 0.25) is 10.0 Å². The number of hydrogen-bond donors (Lipinski definition) is 1. The topological polar surface area (TPSA) is 75.7 Å². The molecule has 4 aromatic carbocycles. The number of rotatable bonds is 9. The van der Waals surface area contributed by atoms with Crippen molar-refractivity contribution in [2.24, 2.45) is 0 Å². The normalized spacial score (nSPS) is 11.3. The van der Waals surface area contributed by atoms with Crippen LogP contribution in [0.15, 0.2) is 89.8 Å². The molecular formula is C27H24Cl2N2O4S. The summed E-state index contributed by atoms with van der Waals surface area (Å²) in [5.41, 5.74) is 1.10. The van der Waals surface area contributed by atoms with E-state index in [0.717, 1.165) is 20.6 Å². The molecule has 0 aliphatic heterocycles. The van der Waals surface area contributed by atoms with Crippen molar-refractivity contribution >= 4 is 55.6 Å². The van der Waals surface area contributed by atoms with Gasteiger partial charge >= 0.3 is 0 Å². The second-order valence-corrected chi connectivity index (χ2v) is 10.9. The molecule has 0 aromatic heterocycles. The zero-order chi connectivity index (χ0) is 25.7. The molecule has 4 rings (SSSR count). The van der Waals surface area contributed by atoms with Gasteiger partial charge in [0.1, 0.15) is 18.9 Å². The lowest BCUT2D eigenvalue weighted by Crippen LogP contribution is -2.42. The van der Waals surface area contributed by atoms with E-state index >= 15 is 0 Å². The SMILES string of the molecule is Cc1ccc(S(=O)(=O)N(CC(=O)NCCOc2ccc3ccccc3c2)c2cc(Cl)cc(Cl)c2)cc1. The Hall–Kier alpha value is -3.26. The van der Waals surface area contributed by atoms with Gasteiger partial charge in [0, 0.05) is 10.0 Å². The summed E-state index contributed by atoms with van der Waals surface area (Å²) in [6.07, 6.45) is 0. The summed E-state index contributed by atoms with van der Waals surface area (Å²) < 4.78 is 33.7. The van der Waals surface area contributed by atoms with Gasteiger partial charge in [-0.05, 0) is 60.2 Å². The minimum absolute atomic E-state index is 0.0524. The van der Waals surface area contributed by atoms with Gasteiger partial charge in [0.25, 0.3) is 10.0 Å². The lowest BCUT2D eigenvalue weighted by molar-refractivity contribution is -0.119. The molecule has 0 aliphatic rings. The quantitative estimate of drug-likeness (QED) is 0.269. The van der Waals surface area contributed by atoms with Crippen LogP contribution in [0.5, 0.6) is 5.75 Å². The molecule has 1 amide bonds. The Labute approximate surface area is 220 Å². The zero-order valence-electron chi connectivity index (χ0n) is 19.4. The third kappa shape index (κ3) is 6.29. The molecule has 0 fully saturated rings. The Bertz CT molecular complexity index is 1470. The fraction of sp³-hybridized carbons (Fsp3) is 0.148. The monoisotopic (exact) mass is 542 g/mol. The van der Waals surface area contributed by atoms with E-state index in [4.69, 9.17) is 27.9 Å². The van der Waals surface area contributed by atoms with Gasteiger partial charge in [-0.15, -0.1) is 0 Å². The molecule has 1 N–H and O–H groups in total. The Balaban J connectivity index is 1.45. The van der Waals surface area contributed by atoms with E-state index in [9.17, 15) is 13.2 Å². The summed E-state index contributed by atoms with van der Waals surface area (Å²) in [4.78, 5) is 12.8. The van der Waals surface area contributed by atoms with E-state index < -0.39 is 22.5 Å². The molecule has 0 spiro atoms. The number of anilines is 1. The summed E-state index contributed by atoms with van der Waals surface area (Å²) in [7, 11) is -4.07. The van der Waals surface area contributed by atoms with Crippen LogP contribution in [0.25, 0.3) is 10.8 Å². The van der Waals surface area contributed by atoms with Gasteiger partial charge in [-0.2, -0.15) is 0 Å². The third-order valence-electron chi connectivity index (χ3n) is 5.45. The minimum atomic E-state index is -4.07. The molecule has 6 nitrogen and oxygen atoms in total. The van der Waals surface area contributed by atoms with Gasteiger partial charge in [-0.25, -0.2) is 8.42 Å². The highest BCUT2D eigenvalue weighted by Crippen LogP contribution is 2.29. The fourth-order valence-electron chi connectivity index (χ4n) is 3.64. The first-order valence-corrected chi connectivity index (χ1v) is 13.4. The van der Waals surface area contributed by atoms with Crippen molar-refractivity contribution in [3.63, 3.8) is 0 Å². The number of fused-ring (bicyclic) bond motifs is 1. The number of sulfonamides is 1. The summed E-state index contributed by atoms with van der Waals surface area (Å²) >= 11 is 12.2. The van der Waals surface area contributed by atoms with Crippen LogP contribution in [-0.4, -0.2) is 34.0 Å². The van der Waals surface area contributed by atoms with Crippen molar-refractivity contribution in [2.45, 2.75) is 11.8 Å². The number of aryl methyl sites for hydroxylation is 1. The maximum absolute atomic E-state index is 13.5. The highest BCUT2D eigenvalue weighted by Gasteiger charge is 2.27. The van der Waals surface area contributed by atoms with Crippen LogP contribution in [-0.2, 0) is 14.8 Å². The summed E-state index contributed by atoms with van der Waals surface area (Å²) in [5, 5.41) is 5.38. The predicted octanol–water partition coefficient (Wildman–Crippen LogP) is 5.85. The average Bonchev–Trinajstić information content (AvgIpc) is 2.84. The number of hydrogen-bond acceptors (Lipinski definition) is 4. The molecule has 186 valence electrons.